The Labute approximate surface area is 142 Å². The molecule has 0 aromatic heterocycles. The highest BCUT2D eigenvalue weighted by Gasteiger charge is 2.44. The first-order chi connectivity index (χ1) is 11.2. The minimum absolute atomic E-state index is 0.166. The number of fused-ring (bicyclic) bond motifs is 4. The van der Waals surface area contributed by atoms with Gasteiger partial charge in [-0.25, -0.2) is 4.79 Å². The second kappa shape index (κ2) is 5.99. The van der Waals surface area contributed by atoms with E-state index in [0.29, 0.717) is 18.0 Å². The van der Waals surface area contributed by atoms with Crippen LogP contribution in [-0.2, 0) is 11.2 Å². The fourth-order valence-electron chi connectivity index (χ4n) is 4.77. The van der Waals surface area contributed by atoms with Crippen LogP contribution in [0, 0.1) is 5.92 Å². The molecular weight excluding hydrogens is 312 g/mol. The summed E-state index contributed by atoms with van der Waals surface area (Å²) in [4.78, 5) is 16.7. The minimum Gasteiger partial charge on any atom is -0.453 e. The Morgan fingerprint density at radius 3 is 3.04 bits per heavy atom. The van der Waals surface area contributed by atoms with Gasteiger partial charge >= 0.3 is 6.09 Å². The lowest BCUT2D eigenvalue weighted by Crippen LogP contribution is -2.57. The van der Waals surface area contributed by atoms with Crippen molar-refractivity contribution in [3.63, 3.8) is 0 Å². The van der Waals surface area contributed by atoms with Gasteiger partial charge in [-0.1, -0.05) is 17.7 Å². The van der Waals surface area contributed by atoms with Crippen LogP contribution in [0.5, 0.6) is 0 Å². The van der Waals surface area contributed by atoms with Gasteiger partial charge in [0, 0.05) is 36.7 Å². The van der Waals surface area contributed by atoms with Crippen molar-refractivity contribution in [2.24, 2.45) is 5.92 Å². The molecule has 5 heteroatoms. The fourth-order valence-corrected chi connectivity index (χ4v) is 4.96. The topological polar surface area (TPSA) is 32.8 Å². The normalized spacial score (nSPS) is 30.2. The van der Waals surface area contributed by atoms with Crippen molar-refractivity contribution in [1.82, 2.24) is 9.80 Å². The molecule has 0 radical (unpaired) electrons. The molecule has 3 atom stereocenters. The van der Waals surface area contributed by atoms with Gasteiger partial charge < -0.3 is 9.64 Å². The predicted molar refractivity (Wildman–Crippen MR) is 89.7 cm³/mol. The summed E-state index contributed by atoms with van der Waals surface area (Å²) in [6, 6.07) is 7.00. The number of likely N-dealkylation sites (tertiary alicyclic amines) is 1. The average Bonchev–Trinajstić information content (AvgIpc) is 2.58. The van der Waals surface area contributed by atoms with Crippen LogP contribution in [0.3, 0.4) is 0 Å². The Morgan fingerprint density at radius 2 is 2.22 bits per heavy atom. The molecule has 124 valence electrons. The number of rotatable bonds is 0. The Bertz CT molecular complexity index is 621. The van der Waals surface area contributed by atoms with Gasteiger partial charge in [0.2, 0.25) is 0 Å². The third-order valence-corrected chi connectivity index (χ3v) is 6.07. The summed E-state index contributed by atoms with van der Waals surface area (Å²) < 4.78 is 5.02. The van der Waals surface area contributed by atoms with Gasteiger partial charge in [-0.15, -0.1) is 0 Å². The number of hydrogen-bond donors (Lipinski definition) is 0. The van der Waals surface area contributed by atoms with Gasteiger partial charge in [-0.2, -0.15) is 0 Å². The minimum atomic E-state index is -0.166. The third kappa shape index (κ3) is 2.62. The molecule has 0 aliphatic carbocycles. The zero-order valence-electron chi connectivity index (χ0n) is 13.5. The molecule has 1 aromatic rings. The highest BCUT2D eigenvalue weighted by Crippen LogP contribution is 2.43. The van der Waals surface area contributed by atoms with Gasteiger partial charge in [0.1, 0.15) is 0 Å². The lowest BCUT2D eigenvalue weighted by molar-refractivity contribution is -0.00840. The molecule has 0 saturated carbocycles. The summed E-state index contributed by atoms with van der Waals surface area (Å²) in [6.45, 7) is 3.01. The lowest BCUT2D eigenvalue weighted by atomic mass is 9.77. The van der Waals surface area contributed by atoms with E-state index in [1.165, 1.54) is 24.7 Å². The maximum absolute atomic E-state index is 12.1. The van der Waals surface area contributed by atoms with Crippen LogP contribution < -0.4 is 0 Å². The molecule has 3 unspecified atom stereocenters. The maximum Gasteiger partial charge on any atom is 0.409 e. The van der Waals surface area contributed by atoms with Gasteiger partial charge in [0.05, 0.1) is 7.11 Å². The molecule has 3 heterocycles. The van der Waals surface area contributed by atoms with Crippen LogP contribution in [0.25, 0.3) is 0 Å². The molecule has 3 aliphatic heterocycles. The largest absolute Gasteiger partial charge is 0.453 e. The Morgan fingerprint density at radius 1 is 1.35 bits per heavy atom. The van der Waals surface area contributed by atoms with Crippen molar-refractivity contribution in [1.29, 1.82) is 0 Å². The molecule has 23 heavy (non-hydrogen) atoms. The molecule has 1 aromatic carbocycles. The Balaban J connectivity index is 1.63. The van der Waals surface area contributed by atoms with Crippen LogP contribution in [0.4, 0.5) is 4.79 Å². The Hall–Kier alpha value is -1.26. The van der Waals surface area contributed by atoms with Crippen molar-refractivity contribution in [3.05, 3.63) is 34.3 Å². The van der Waals surface area contributed by atoms with E-state index >= 15 is 0 Å². The van der Waals surface area contributed by atoms with Gasteiger partial charge in [-0.3, -0.25) is 4.90 Å². The zero-order chi connectivity index (χ0) is 16.0. The number of carbonyl (C=O) groups is 1. The van der Waals surface area contributed by atoms with Crippen LogP contribution in [0.2, 0.25) is 5.02 Å². The van der Waals surface area contributed by atoms with Crippen molar-refractivity contribution >= 4 is 17.7 Å². The number of piperidine rings is 2. The maximum atomic E-state index is 12.1. The summed E-state index contributed by atoms with van der Waals surface area (Å²) in [5.41, 5.74) is 2.77. The molecule has 0 spiro atoms. The summed E-state index contributed by atoms with van der Waals surface area (Å²) >= 11 is 6.16. The van der Waals surface area contributed by atoms with Crippen LogP contribution in [0.15, 0.2) is 18.2 Å². The number of ether oxygens (including phenoxy) is 1. The first-order valence-corrected chi connectivity index (χ1v) is 8.92. The monoisotopic (exact) mass is 334 g/mol. The number of methoxy groups -OCH3 is 1. The number of halogens is 1. The molecule has 3 aliphatic rings. The molecular formula is C18H23ClN2O2. The first kappa shape index (κ1) is 15.3. The number of carbonyl (C=O) groups excluding carboxylic acids is 1. The highest BCUT2D eigenvalue weighted by atomic mass is 35.5. The highest BCUT2D eigenvalue weighted by molar-refractivity contribution is 6.30. The van der Waals surface area contributed by atoms with Crippen molar-refractivity contribution in [2.75, 3.05) is 26.7 Å². The fraction of sp³-hybridized carbons (Fsp3) is 0.611. The van der Waals surface area contributed by atoms with E-state index in [1.54, 1.807) is 0 Å². The van der Waals surface area contributed by atoms with Crippen LogP contribution >= 0.6 is 11.6 Å². The molecule has 2 fully saturated rings. The zero-order valence-corrected chi connectivity index (χ0v) is 14.3. The quantitative estimate of drug-likeness (QED) is 0.728. The number of nitrogens with zero attached hydrogens (tertiary/aromatic N) is 2. The number of benzene rings is 1. The van der Waals surface area contributed by atoms with Crippen molar-refractivity contribution in [3.8, 4) is 0 Å². The molecule has 2 saturated heterocycles. The SMILES string of the molecule is COC(=O)N1CCCC2CN3CCc4cc(Cl)ccc4C3CC21. The molecule has 0 bridgehead atoms. The molecule has 0 N–H and O–H groups in total. The van der Waals surface area contributed by atoms with E-state index in [-0.39, 0.29) is 6.09 Å². The lowest BCUT2D eigenvalue weighted by Gasteiger charge is -2.51. The second-order valence-corrected chi connectivity index (χ2v) is 7.41. The average molecular weight is 335 g/mol. The van der Waals surface area contributed by atoms with Crippen molar-refractivity contribution in [2.45, 2.75) is 37.8 Å². The summed E-state index contributed by atoms with van der Waals surface area (Å²) in [6.07, 6.45) is 4.22. The smallest absolute Gasteiger partial charge is 0.409 e. The molecule has 4 rings (SSSR count). The van der Waals surface area contributed by atoms with E-state index in [1.807, 2.05) is 11.0 Å². The first-order valence-electron chi connectivity index (χ1n) is 8.54. The Kier molecular flexibility index (Phi) is 3.98. The summed E-state index contributed by atoms with van der Waals surface area (Å²) in [5, 5.41) is 0.819. The summed E-state index contributed by atoms with van der Waals surface area (Å²) in [5.74, 6) is 0.577. The van der Waals surface area contributed by atoms with Crippen LogP contribution in [0.1, 0.15) is 36.4 Å². The van der Waals surface area contributed by atoms with Gasteiger partial charge in [0.15, 0.2) is 0 Å². The van der Waals surface area contributed by atoms with Crippen molar-refractivity contribution < 1.29 is 9.53 Å². The van der Waals surface area contributed by atoms with Gasteiger partial charge in [-0.05, 0) is 54.9 Å². The van der Waals surface area contributed by atoms with Crippen LogP contribution in [-0.4, -0.2) is 48.7 Å². The standard InChI is InChI=1S/C18H23ClN2O2/c1-23-18(22)21-7-2-3-13-11-20-8-6-12-9-14(19)4-5-15(12)17(20)10-16(13)21/h4-5,9,13,16-17H,2-3,6-8,10-11H2,1H3. The van der Waals surface area contributed by atoms with E-state index in [4.69, 9.17) is 16.3 Å². The predicted octanol–water partition coefficient (Wildman–Crippen LogP) is 3.49. The van der Waals surface area contributed by atoms with Gasteiger partial charge in [0.25, 0.3) is 0 Å². The van der Waals surface area contributed by atoms with E-state index < -0.39 is 0 Å². The molecule has 4 nitrogen and oxygen atoms in total. The van der Waals surface area contributed by atoms with E-state index in [2.05, 4.69) is 17.0 Å². The number of amides is 1. The summed E-state index contributed by atoms with van der Waals surface area (Å²) in [7, 11) is 1.49. The third-order valence-electron chi connectivity index (χ3n) is 5.83. The van der Waals surface area contributed by atoms with E-state index in [0.717, 1.165) is 43.9 Å². The second-order valence-electron chi connectivity index (χ2n) is 6.97. The number of hydrogen-bond acceptors (Lipinski definition) is 3. The molecule has 1 amide bonds. The van der Waals surface area contributed by atoms with E-state index in [9.17, 15) is 4.79 Å².